The quantitative estimate of drug-likeness (QED) is 0.173. The summed E-state index contributed by atoms with van der Waals surface area (Å²) in [5.74, 6) is 1.14. The first-order valence-electron chi connectivity index (χ1n) is 16.4. The minimum Gasteiger partial charge on any atom is -0.493 e. The summed E-state index contributed by atoms with van der Waals surface area (Å²) in [4.78, 5) is 26.3. The lowest BCUT2D eigenvalue weighted by Crippen LogP contribution is -2.51. The maximum absolute atomic E-state index is 13.3. The molecular weight excluding hydrogens is 576 g/mol. The van der Waals surface area contributed by atoms with Gasteiger partial charge < -0.3 is 39.4 Å². The summed E-state index contributed by atoms with van der Waals surface area (Å²) < 4.78 is 27.6. The van der Waals surface area contributed by atoms with Crippen molar-refractivity contribution in [2.75, 3.05) is 47.2 Å². The minimum atomic E-state index is -0.963. The van der Waals surface area contributed by atoms with Gasteiger partial charge in [-0.15, -0.1) is 0 Å². The Kier molecular flexibility index (Phi) is 15.4. The maximum atomic E-state index is 13.3. The monoisotopic (exact) mass is 636 g/mol. The van der Waals surface area contributed by atoms with Crippen LogP contribution >= 0.6 is 0 Å². The van der Waals surface area contributed by atoms with Gasteiger partial charge in [0.15, 0.2) is 11.5 Å². The van der Waals surface area contributed by atoms with Crippen LogP contribution in [0.5, 0.6) is 11.5 Å². The van der Waals surface area contributed by atoms with Gasteiger partial charge in [0, 0.05) is 38.0 Å². The van der Waals surface area contributed by atoms with E-state index in [-0.39, 0.29) is 35.5 Å². The number of alkyl carbamates (subject to hydrolysis) is 1. The van der Waals surface area contributed by atoms with Crippen LogP contribution in [0.1, 0.15) is 80.2 Å². The van der Waals surface area contributed by atoms with Crippen molar-refractivity contribution in [1.29, 1.82) is 0 Å². The van der Waals surface area contributed by atoms with Gasteiger partial charge >= 0.3 is 6.09 Å². The number of ether oxygens (including phenoxy) is 5. The van der Waals surface area contributed by atoms with E-state index in [1.165, 1.54) is 0 Å². The highest BCUT2D eigenvalue weighted by Gasteiger charge is 2.36. The molecule has 4 atom stereocenters. The Balaban J connectivity index is 2.25. The highest BCUT2D eigenvalue weighted by Crippen LogP contribution is 2.32. The number of amides is 2. The Morgan fingerprint density at radius 1 is 1.02 bits per heavy atom. The fourth-order valence-electron chi connectivity index (χ4n) is 5.43. The molecule has 45 heavy (non-hydrogen) atoms. The van der Waals surface area contributed by atoms with Crippen molar-refractivity contribution in [2.45, 2.75) is 98.8 Å². The van der Waals surface area contributed by atoms with Crippen LogP contribution in [0.25, 0.3) is 0 Å². The van der Waals surface area contributed by atoms with Gasteiger partial charge in [0.25, 0.3) is 0 Å². The first-order chi connectivity index (χ1) is 21.1. The van der Waals surface area contributed by atoms with Crippen LogP contribution < -0.4 is 20.1 Å². The minimum absolute atomic E-state index is 0.00484. The van der Waals surface area contributed by atoms with Gasteiger partial charge in [-0.2, -0.15) is 0 Å². The number of nitrogens with one attached hydrogen (secondary N) is 2. The van der Waals surface area contributed by atoms with Gasteiger partial charge in [-0.25, -0.2) is 4.79 Å². The molecule has 1 saturated heterocycles. The van der Waals surface area contributed by atoms with Gasteiger partial charge in [0.2, 0.25) is 5.91 Å². The number of hydrogen-bond acceptors (Lipinski definition) is 8. The number of aliphatic hydroxyl groups is 1. The second-order valence-corrected chi connectivity index (χ2v) is 14.6. The molecule has 0 aliphatic carbocycles. The molecule has 1 heterocycles. The molecule has 0 aromatic heterocycles. The number of methoxy groups -OCH3 is 2. The number of hydrogen-bond donors (Lipinski definition) is 3. The molecule has 10 heteroatoms. The number of benzene rings is 1. The van der Waals surface area contributed by atoms with Crippen molar-refractivity contribution in [1.82, 2.24) is 10.6 Å². The summed E-state index contributed by atoms with van der Waals surface area (Å²) in [5, 5.41) is 17.7. The zero-order valence-electron chi connectivity index (χ0n) is 29.4. The van der Waals surface area contributed by atoms with Crippen molar-refractivity contribution in [3.63, 3.8) is 0 Å². The molecule has 0 radical (unpaired) electrons. The van der Waals surface area contributed by atoms with Crippen LogP contribution in [0.4, 0.5) is 4.79 Å². The Morgan fingerprint density at radius 3 is 2.24 bits per heavy atom. The largest absolute Gasteiger partial charge is 0.493 e. The smallest absolute Gasteiger partial charge is 0.407 e. The van der Waals surface area contributed by atoms with E-state index in [0.717, 1.165) is 12.0 Å². The Labute approximate surface area is 271 Å². The van der Waals surface area contributed by atoms with Gasteiger partial charge in [0.1, 0.15) is 5.60 Å². The molecule has 1 aliphatic heterocycles. The first kappa shape index (κ1) is 38.6. The lowest BCUT2D eigenvalue weighted by molar-refractivity contribution is -0.132. The van der Waals surface area contributed by atoms with Gasteiger partial charge in [-0.1, -0.05) is 40.7 Å². The van der Waals surface area contributed by atoms with E-state index >= 15 is 0 Å². The summed E-state index contributed by atoms with van der Waals surface area (Å²) in [6, 6.07) is 5.31. The number of carbonyl (C=O) groups excluding carboxylic acids is 2. The van der Waals surface area contributed by atoms with E-state index in [1.54, 1.807) is 35.0 Å². The van der Waals surface area contributed by atoms with E-state index in [2.05, 4.69) is 31.4 Å². The zero-order chi connectivity index (χ0) is 33.8. The molecular formula is C35H60N2O8. The molecule has 1 aromatic carbocycles. The van der Waals surface area contributed by atoms with Gasteiger partial charge in [-0.3, -0.25) is 4.79 Å². The highest BCUT2D eigenvalue weighted by molar-refractivity contribution is 5.79. The van der Waals surface area contributed by atoms with Crippen LogP contribution in [0.3, 0.4) is 0 Å². The maximum Gasteiger partial charge on any atom is 0.407 e. The second kappa shape index (κ2) is 18.0. The molecule has 0 saturated carbocycles. The average Bonchev–Trinajstić information content (AvgIpc) is 2.93. The fourth-order valence-corrected chi connectivity index (χ4v) is 5.43. The predicted octanol–water partition coefficient (Wildman–Crippen LogP) is 5.38. The van der Waals surface area contributed by atoms with Crippen molar-refractivity contribution in [3.8, 4) is 11.5 Å². The Morgan fingerprint density at radius 2 is 1.71 bits per heavy atom. The van der Waals surface area contributed by atoms with Crippen LogP contribution in [-0.4, -0.2) is 82.0 Å². The van der Waals surface area contributed by atoms with Crippen molar-refractivity contribution in [2.24, 2.45) is 29.1 Å². The Hall–Kier alpha value is -2.56. The number of carbonyl (C=O) groups is 2. The molecule has 10 nitrogen and oxygen atoms in total. The molecule has 1 unspecified atom stereocenters. The summed E-state index contributed by atoms with van der Waals surface area (Å²) >= 11 is 0. The van der Waals surface area contributed by atoms with Crippen LogP contribution in [0, 0.1) is 29.1 Å². The van der Waals surface area contributed by atoms with Crippen LogP contribution in [0.15, 0.2) is 18.2 Å². The number of aliphatic hydroxyl groups excluding tert-OH is 1. The molecule has 1 fully saturated rings. The normalized spacial score (nSPS) is 17.2. The third kappa shape index (κ3) is 13.4. The lowest BCUT2D eigenvalue weighted by atomic mass is 9.80. The number of rotatable bonds is 19. The topological polar surface area (TPSA) is 125 Å². The molecule has 2 rings (SSSR count). The van der Waals surface area contributed by atoms with E-state index < -0.39 is 29.8 Å². The molecule has 3 N–H and O–H groups in total. The lowest BCUT2D eigenvalue weighted by Gasteiger charge is -2.38. The van der Waals surface area contributed by atoms with Crippen molar-refractivity contribution < 1.29 is 38.4 Å². The molecule has 2 amide bonds. The third-order valence-electron chi connectivity index (χ3n) is 8.37. The predicted molar refractivity (Wildman–Crippen MR) is 176 cm³/mol. The highest BCUT2D eigenvalue weighted by atomic mass is 16.6. The van der Waals surface area contributed by atoms with E-state index in [1.807, 2.05) is 32.0 Å². The second-order valence-electron chi connectivity index (χ2n) is 14.6. The summed E-state index contributed by atoms with van der Waals surface area (Å²) in [7, 11) is 3.29. The summed E-state index contributed by atoms with van der Waals surface area (Å²) in [5.41, 5.74) is 0.313. The van der Waals surface area contributed by atoms with Gasteiger partial charge in [-0.05, 0) is 75.5 Å². The van der Waals surface area contributed by atoms with Crippen LogP contribution in [-0.2, 0) is 25.4 Å². The Bertz CT molecular complexity index is 1050. The molecule has 1 aromatic rings. The van der Waals surface area contributed by atoms with E-state index in [0.29, 0.717) is 57.3 Å². The van der Waals surface area contributed by atoms with Crippen LogP contribution in [0.2, 0.25) is 0 Å². The standard InChI is InChI=1S/C35H60N2O8/c1-23(2)26(16-25-12-13-30(42-10)31(17-25)44-15-11-14-41-9)18-28(37-33(40)45-34(5,6)7)29(38)19-27(24(3)4)32(39)36-20-35(8)21-43-22-35/h12-13,17,23-24,26-29,38H,11,14-16,18-22H2,1-10H3,(H,36,39)(H,37,40)/t26?,27-,28-,29-/m0/s1. The SMILES string of the molecule is COCCCOc1cc(CC(C[C@H](NC(=O)OC(C)(C)C)[C@@H](O)C[C@H](C(=O)NCC2(C)COC2)C(C)C)C(C)C)ccc1OC. The summed E-state index contributed by atoms with van der Waals surface area (Å²) in [6.45, 7) is 18.6. The molecule has 0 spiro atoms. The average molecular weight is 637 g/mol. The molecule has 0 bridgehead atoms. The zero-order valence-corrected chi connectivity index (χ0v) is 29.4. The molecule has 1 aliphatic rings. The van der Waals surface area contributed by atoms with Crippen molar-refractivity contribution in [3.05, 3.63) is 23.8 Å². The fraction of sp³-hybridized carbons (Fsp3) is 0.771. The first-order valence-corrected chi connectivity index (χ1v) is 16.4. The van der Waals surface area contributed by atoms with Gasteiger partial charge in [0.05, 0.1) is 39.1 Å². The third-order valence-corrected chi connectivity index (χ3v) is 8.37. The van der Waals surface area contributed by atoms with Crippen molar-refractivity contribution >= 4 is 12.0 Å². The van der Waals surface area contributed by atoms with E-state index in [9.17, 15) is 14.7 Å². The summed E-state index contributed by atoms with van der Waals surface area (Å²) in [6.07, 6.45) is 0.616. The molecule has 258 valence electrons. The van der Waals surface area contributed by atoms with E-state index in [4.69, 9.17) is 23.7 Å².